The molecule has 1 heterocycles. The molecule has 1 aromatic carbocycles. The molecule has 2 atom stereocenters. The third-order valence-corrected chi connectivity index (χ3v) is 3.58. The molecule has 0 saturated carbocycles. The molecule has 0 aliphatic heterocycles. The molecule has 0 aliphatic carbocycles. The van der Waals surface area contributed by atoms with Gasteiger partial charge in [-0.05, 0) is 37.7 Å². The topological polar surface area (TPSA) is 24.9 Å². The summed E-state index contributed by atoms with van der Waals surface area (Å²) in [7, 11) is 1.77. The van der Waals surface area contributed by atoms with Crippen molar-refractivity contribution in [1.82, 2.24) is 10.3 Å². The fourth-order valence-electron chi connectivity index (χ4n) is 2.41. The first-order chi connectivity index (χ1) is 9.54. The lowest BCUT2D eigenvalue weighted by Crippen LogP contribution is -2.24. The Labute approximate surface area is 117 Å². The number of pyridine rings is 1. The van der Waals surface area contributed by atoms with E-state index in [4.69, 9.17) is 0 Å². The quantitative estimate of drug-likeness (QED) is 0.920. The van der Waals surface area contributed by atoms with Crippen LogP contribution in [0.4, 0.5) is 8.78 Å². The van der Waals surface area contributed by atoms with E-state index in [0.717, 1.165) is 11.8 Å². The molecule has 0 saturated heterocycles. The van der Waals surface area contributed by atoms with Crippen LogP contribution in [0.15, 0.2) is 36.5 Å². The van der Waals surface area contributed by atoms with Crippen molar-refractivity contribution in [2.75, 3.05) is 7.05 Å². The van der Waals surface area contributed by atoms with Crippen molar-refractivity contribution in [1.29, 1.82) is 0 Å². The maximum Gasteiger partial charge on any atom is 0.130 e. The standard InChI is InChI=1S/C16H18F2N2/c1-10-8-12(14(18)9-13(10)17)16(19-3)11(2)15-6-4-5-7-20-15/h4-9,11,16,19H,1-3H3. The second kappa shape index (κ2) is 6.09. The van der Waals surface area contributed by atoms with Gasteiger partial charge in [0.2, 0.25) is 0 Å². The van der Waals surface area contributed by atoms with E-state index in [9.17, 15) is 8.78 Å². The Morgan fingerprint density at radius 1 is 1.15 bits per heavy atom. The molecular weight excluding hydrogens is 258 g/mol. The zero-order valence-corrected chi connectivity index (χ0v) is 11.8. The molecule has 0 amide bonds. The average Bonchev–Trinajstić information content (AvgIpc) is 2.46. The minimum Gasteiger partial charge on any atom is -0.312 e. The fraction of sp³-hybridized carbons (Fsp3) is 0.312. The first-order valence-corrected chi connectivity index (χ1v) is 6.58. The predicted octanol–water partition coefficient (Wildman–Crippen LogP) is 3.73. The highest BCUT2D eigenvalue weighted by Crippen LogP contribution is 2.31. The Kier molecular flexibility index (Phi) is 4.45. The Balaban J connectivity index is 2.40. The first kappa shape index (κ1) is 14.6. The molecule has 1 N–H and O–H groups in total. The van der Waals surface area contributed by atoms with Crippen LogP contribution in [0.25, 0.3) is 0 Å². The van der Waals surface area contributed by atoms with Crippen molar-refractivity contribution in [3.8, 4) is 0 Å². The van der Waals surface area contributed by atoms with E-state index in [-0.39, 0.29) is 12.0 Å². The van der Waals surface area contributed by atoms with E-state index in [1.807, 2.05) is 25.1 Å². The number of aromatic nitrogens is 1. The van der Waals surface area contributed by atoms with E-state index < -0.39 is 11.6 Å². The van der Waals surface area contributed by atoms with Gasteiger partial charge in [-0.25, -0.2) is 8.78 Å². The van der Waals surface area contributed by atoms with Crippen LogP contribution in [0.1, 0.15) is 35.7 Å². The van der Waals surface area contributed by atoms with E-state index in [1.54, 1.807) is 26.2 Å². The van der Waals surface area contributed by atoms with Crippen LogP contribution in [-0.4, -0.2) is 12.0 Å². The summed E-state index contributed by atoms with van der Waals surface area (Å²) in [4.78, 5) is 4.31. The number of rotatable bonds is 4. The number of likely N-dealkylation sites (N-methyl/N-ethyl adjacent to an activating group) is 1. The molecule has 0 fully saturated rings. The monoisotopic (exact) mass is 276 g/mol. The summed E-state index contributed by atoms with van der Waals surface area (Å²) in [5.41, 5.74) is 1.77. The van der Waals surface area contributed by atoms with Gasteiger partial charge in [-0.3, -0.25) is 4.98 Å². The van der Waals surface area contributed by atoms with Crippen molar-refractivity contribution in [2.24, 2.45) is 0 Å². The summed E-state index contributed by atoms with van der Waals surface area (Å²) in [6.07, 6.45) is 1.71. The van der Waals surface area contributed by atoms with E-state index >= 15 is 0 Å². The summed E-state index contributed by atoms with van der Waals surface area (Å²) < 4.78 is 27.4. The SMILES string of the molecule is CNC(c1cc(C)c(F)cc1F)C(C)c1ccccn1. The van der Waals surface area contributed by atoms with Crippen LogP contribution in [-0.2, 0) is 0 Å². The third kappa shape index (κ3) is 2.85. The number of halogens is 2. The highest BCUT2D eigenvalue weighted by Gasteiger charge is 2.24. The van der Waals surface area contributed by atoms with Crippen molar-refractivity contribution in [3.63, 3.8) is 0 Å². The molecule has 0 bridgehead atoms. The van der Waals surface area contributed by atoms with Gasteiger partial charge < -0.3 is 5.32 Å². The van der Waals surface area contributed by atoms with Crippen molar-refractivity contribution in [3.05, 3.63) is 65.0 Å². The Bertz CT molecular complexity index is 585. The van der Waals surface area contributed by atoms with E-state index in [2.05, 4.69) is 10.3 Å². The van der Waals surface area contributed by atoms with Gasteiger partial charge >= 0.3 is 0 Å². The number of nitrogens with zero attached hydrogens (tertiary/aromatic N) is 1. The lowest BCUT2D eigenvalue weighted by molar-refractivity contribution is 0.466. The largest absolute Gasteiger partial charge is 0.312 e. The molecule has 0 aliphatic rings. The zero-order valence-electron chi connectivity index (χ0n) is 11.8. The van der Waals surface area contributed by atoms with Crippen molar-refractivity contribution < 1.29 is 8.78 Å². The van der Waals surface area contributed by atoms with Gasteiger partial charge in [0.15, 0.2) is 0 Å². The number of benzene rings is 1. The molecule has 1 aromatic heterocycles. The normalized spacial score (nSPS) is 14.1. The number of hydrogen-bond acceptors (Lipinski definition) is 2. The predicted molar refractivity (Wildman–Crippen MR) is 75.5 cm³/mol. The van der Waals surface area contributed by atoms with E-state index in [1.165, 1.54) is 0 Å². The second-order valence-electron chi connectivity index (χ2n) is 4.93. The summed E-state index contributed by atoms with van der Waals surface area (Å²) in [5, 5.41) is 3.10. The molecule has 4 heteroatoms. The lowest BCUT2D eigenvalue weighted by Gasteiger charge is -2.24. The van der Waals surface area contributed by atoms with Crippen LogP contribution in [0.2, 0.25) is 0 Å². The number of hydrogen-bond donors (Lipinski definition) is 1. The van der Waals surface area contributed by atoms with Gasteiger partial charge in [0.05, 0.1) is 0 Å². The third-order valence-electron chi connectivity index (χ3n) is 3.58. The van der Waals surface area contributed by atoms with Crippen LogP contribution >= 0.6 is 0 Å². The average molecular weight is 276 g/mol. The Morgan fingerprint density at radius 2 is 1.90 bits per heavy atom. The zero-order chi connectivity index (χ0) is 14.7. The molecule has 20 heavy (non-hydrogen) atoms. The first-order valence-electron chi connectivity index (χ1n) is 6.58. The summed E-state index contributed by atoms with van der Waals surface area (Å²) in [6.45, 7) is 3.61. The lowest BCUT2D eigenvalue weighted by atomic mass is 9.90. The van der Waals surface area contributed by atoms with Crippen LogP contribution in [0.3, 0.4) is 0 Å². The molecular formula is C16H18F2N2. The minimum absolute atomic E-state index is 0.0273. The molecule has 2 rings (SSSR count). The van der Waals surface area contributed by atoms with E-state index in [0.29, 0.717) is 11.1 Å². The number of nitrogens with one attached hydrogen (secondary N) is 1. The van der Waals surface area contributed by atoms with Gasteiger partial charge in [-0.15, -0.1) is 0 Å². The molecule has 0 spiro atoms. The van der Waals surface area contributed by atoms with Crippen molar-refractivity contribution in [2.45, 2.75) is 25.8 Å². The fourth-order valence-corrected chi connectivity index (χ4v) is 2.41. The summed E-state index contributed by atoms with van der Waals surface area (Å²) in [6, 6.07) is 7.89. The van der Waals surface area contributed by atoms with Gasteiger partial charge in [-0.1, -0.05) is 13.0 Å². The van der Waals surface area contributed by atoms with Crippen LogP contribution in [0.5, 0.6) is 0 Å². The van der Waals surface area contributed by atoms with Gasteiger partial charge in [-0.2, -0.15) is 0 Å². The Hall–Kier alpha value is -1.81. The molecule has 2 unspecified atom stereocenters. The molecule has 0 radical (unpaired) electrons. The van der Waals surface area contributed by atoms with Crippen LogP contribution < -0.4 is 5.32 Å². The van der Waals surface area contributed by atoms with Crippen molar-refractivity contribution >= 4 is 0 Å². The maximum atomic E-state index is 14.0. The highest BCUT2D eigenvalue weighted by atomic mass is 19.1. The second-order valence-corrected chi connectivity index (χ2v) is 4.93. The smallest absolute Gasteiger partial charge is 0.130 e. The van der Waals surface area contributed by atoms with Gasteiger partial charge in [0.1, 0.15) is 11.6 Å². The van der Waals surface area contributed by atoms with Gasteiger partial charge in [0, 0.05) is 35.5 Å². The summed E-state index contributed by atoms with van der Waals surface area (Å²) in [5.74, 6) is -1.08. The maximum absolute atomic E-state index is 14.0. The van der Waals surface area contributed by atoms with Crippen LogP contribution in [0, 0.1) is 18.6 Å². The highest BCUT2D eigenvalue weighted by molar-refractivity contribution is 5.30. The molecule has 2 aromatic rings. The Morgan fingerprint density at radius 3 is 2.50 bits per heavy atom. The van der Waals surface area contributed by atoms with Gasteiger partial charge in [0.25, 0.3) is 0 Å². The minimum atomic E-state index is -0.532. The summed E-state index contributed by atoms with van der Waals surface area (Å²) >= 11 is 0. The molecule has 2 nitrogen and oxygen atoms in total. The molecule has 106 valence electrons. The number of aryl methyl sites for hydroxylation is 1.